The van der Waals surface area contributed by atoms with Crippen molar-refractivity contribution < 1.29 is 13.9 Å². The quantitative estimate of drug-likeness (QED) is 0.897. The largest absolute Gasteiger partial charge is 0.472 e. The molecule has 0 spiro atoms. The van der Waals surface area contributed by atoms with Crippen molar-refractivity contribution in [3.05, 3.63) is 36.7 Å². The number of hydrogen-bond donors (Lipinski definition) is 2. The zero-order valence-electron chi connectivity index (χ0n) is 12.1. The molecule has 2 amide bonds. The number of rotatable bonds is 4. The molecule has 2 aromatic heterocycles. The number of carbonyl (C=O) groups excluding carboxylic acids is 1. The molecule has 22 heavy (non-hydrogen) atoms. The van der Waals surface area contributed by atoms with E-state index in [9.17, 15) is 4.79 Å². The van der Waals surface area contributed by atoms with E-state index in [0.717, 1.165) is 18.4 Å². The minimum absolute atomic E-state index is 0.170. The Morgan fingerprint density at radius 3 is 2.86 bits per heavy atom. The van der Waals surface area contributed by atoms with Crippen LogP contribution in [0.5, 0.6) is 0 Å². The molecule has 1 aliphatic heterocycles. The average Bonchev–Trinajstić information content (AvgIpc) is 3.08. The fraction of sp³-hybridized carbons (Fsp3) is 0.400. The van der Waals surface area contributed by atoms with E-state index in [1.165, 1.54) is 0 Å². The molecular formula is C15H18N4O3. The molecule has 1 fully saturated rings. The summed E-state index contributed by atoms with van der Waals surface area (Å²) in [5.74, 6) is 0. The lowest BCUT2D eigenvalue weighted by molar-refractivity contribution is 0.0800. The molecule has 0 atom stereocenters. The molecule has 7 heteroatoms. The molecule has 0 bridgehead atoms. The monoisotopic (exact) mass is 302 g/mol. The van der Waals surface area contributed by atoms with Gasteiger partial charge in [-0.05, 0) is 18.9 Å². The lowest BCUT2D eigenvalue weighted by atomic mass is 10.1. The van der Waals surface area contributed by atoms with Crippen LogP contribution in [-0.4, -0.2) is 35.3 Å². The fourth-order valence-corrected chi connectivity index (χ4v) is 2.38. The summed E-state index contributed by atoms with van der Waals surface area (Å²) in [4.78, 5) is 20.5. The van der Waals surface area contributed by atoms with Crippen LogP contribution < -0.4 is 10.6 Å². The van der Waals surface area contributed by atoms with Gasteiger partial charge in [0.1, 0.15) is 0 Å². The van der Waals surface area contributed by atoms with Gasteiger partial charge in [0.2, 0.25) is 0 Å². The van der Waals surface area contributed by atoms with E-state index < -0.39 is 0 Å². The van der Waals surface area contributed by atoms with E-state index in [0.29, 0.717) is 31.1 Å². The van der Waals surface area contributed by atoms with E-state index in [1.54, 1.807) is 24.9 Å². The van der Waals surface area contributed by atoms with Gasteiger partial charge in [-0.25, -0.2) is 4.79 Å². The second-order valence-electron chi connectivity index (χ2n) is 5.08. The van der Waals surface area contributed by atoms with Crippen LogP contribution in [0, 0.1) is 0 Å². The predicted molar refractivity (Wildman–Crippen MR) is 78.9 cm³/mol. The third-order valence-electron chi connectivity index (χ3n) is 3.54. The zero-order chi connectivity index (χ0) is 15.2. The Morgan fingerprint density at radius 2 is 2.09 bits per heavy atom. The molecule has 0 aromatic carbocycles. The van der Waals surface area contributed by atoms with Gasteiger partial charge in [-0.1, -0.05) is 0 Å². The highest BCUT2D eigenvalue weighted by atomic mass is 16.5. The SMILES string of the molecule is O=C(NCc1nccnc1-c1ccoc1)NC1CCOCC1. The summed E-state index contributed by atoms with van der Waals surface area (Å²) in [7, 11) is 0. The van der Waals surface area contributed by atoms with Crippen molar-refractivity contribution in [2.75, 3.05) is 13.2 Å². The van der Waals surface area contributed by atoms with Crippen LogP contribution in [0.15, 0.2) is 35.4 Å². The number of carbonyl (C=O) groups is 1. The van der Waals surface area contributed by atoms with E-state index >= 15 is 0 Å². The van der Waals surface area contributed by atoms with Crippen LogP contribution in [0.2, 0.25) is 0 Å². The van der Waals surface area contributed by atoms with Crippen molar-refractivity contribution in [3.63, 3.8) is 0 Å². The van der Waals surface area contributed by atoms with Gasteiger partial charge in [-0.2, -0.15) is 0 Å². The van der Waals surface area contributed by atoms with Crippen molar-refractivity contribution in [1.29, 1.82) is 0 Å². The Balaban J connectivity index is 1.58. The van der Waals surface area contributed by atoms with Crippen molar-refractivity contribution in [2.45, 2.75) is 25.4 Å². The molecular weight excluding hydrogens is 284 g/mol. The zero-order valence-corrected chi connectivity index (χ0v) is 12.1. The smallest absolute Gasteiger partial charge is 0.315 e. The Labute approximate surface area is 128 Å². The van der Waals surface area contributed by atoms with Gasteiger partial charge < -0.3 is 19.8 Å². The summed E-state index contributed by atoms with van der Waals surface area (Å²) in [5, 5.41) is 5.77. The topological polar surface area (TPSA) is 89.3 Å². The number of hydrogen-bond acceptors (Lipinski definition) is 5. The summed E-state index contributed by atoms with van der Waals surface area (Å²) in [6.07, 6.45) is 8.11. The van der Waals surface area contributed by atoms with Gasteiger partial charge in [0.05, 0.1) is 30.5 Å². The lowest BCUT2D eigenvalue weighted by Gasteiger charge is -2.23. The number of ether oxygens (including phenoxy) is 1. The number of furan rings is 1. The molecule has 0 saturated carbocycles. The van der Waals surface area contributed by atoms with Gasteiger partial charge >= 0.3 is 6.03 Å². The first-order valence-corrected chi connectivity index (χ1v) is 7.27. The van der Waals surface area contributed by atoms with E-state index in [1.807, 2.05) is 6.07 Å². The highest BCUT2D eigenvalue weighted by Crippen LogP contribution is 2.19. The van der Waals surface area contributed by atoms with Crippen LogP contribution >= 0.6 is 0 Å². The first-order chi connectivity index (χ1) is 10.8. The number of nitrogens with zero attached hydrogens (tertiary/aromatic N) is 2. The Hall–Kier alpha value is -2.41. The van der Waals surface area contributed by atoms with Gasteiger partial charge in [0.25, 0.3) is 0 Å². The van der Waals surface area contributed by atoms with Crippen LogP contribution in [0.3, 0.4) is 0 Å². The second kappa shape index (κ2) is 7.04. The van der Waals surface area contributed by atoms with Crippen molar-refractivity contribution in [2.24, 2.45) is 0 Å². The lowest BCUT2D eigenvalue weighted by Crippen LogP contribution is -2.44. The third-order valence-corrected chi connectivity index (χ3v) is 3.54. The molecule has 0 aliphatic carbocycles. The van der Waals surface area contributed by atoms with Crippen molar-refractivity contribution in [3.8, 4) is 11.3 Å². The fourth-order valence-electron chi connectivity index (χ4n) is 2.38. The summed E-state index contributed by atoms with van der Waals surface area (Å²) in [5.41, 5.74) is 2.25. The predicted octanol–water partition coefficient (Wildman–Crippen LogP) is 1.71. The van der Waals surface area contributed by atoms with Crippen LogP contribution in [0.4, 0.5) is 4.79 Å². The number of amides is 2. The second-order valence-corrected chi connectivity index (χ2v) is 5.08. The van der Waals surface area contributed by atoms with E-state index in [4.69, 9.17) is 9.15 Å². The average molecular weight is 302 g/mol. The molecule has 1 aliphatic rings. The van der Waals surface area contributed by atoms with Gasteiger partial charge in [-0.15, -0.1) is 0 Å². The Morgan fingerprint density at radius 1 is 1.27 bits per heavy atom. The number of urea groups is 1. The highest BCUT2D eigenvalue weighted by molar-refractivity contribution is 5.74. The summed E-state index contributed by atoms with van der Waals surface area (Å²) < 4.78 is 10.3. The molecule has 2 aromatic rings. The van der Waals surface area contributed by atoms with Crippen LogP contribution in [-0.2, 0) is 11.3 Å². The molecule has 3 heterocycles. The summed E-state index contributed by atoms with van der Waals surface area (Å²) in [6.45, 7) is 1.70. The molecule has 116 valence electrons. The maximum Gasteiger partial charge on any atom is 0.315 e. The summed E-state index contributed by atoms with van der Waals surface area (Å²) >= 11 is 0. The molecule has 1 saturated heterocycles. The van der Waals surface area contributed by atoms with E-state index in [-0.39, 0.29) is 12.1 Å². The van der Waals surface area contributed by atoms with Gasteiger partial charge in [0.15, 0.2) is 0 Å². The van der Waals surface area contributed by atoms with Crippen LogP contribution in [0.25, 0.3) is 11.3 Å². The molecule has 2 N–H and O–H groups in total. The van der Waals surface area contributed by atoms with E-state index in [2.05, 4.69) is 20.6 Å². The first-order valence-electron chi connectivity index (χ1n) is 7.27. The van der Waals surface area contributed by atoms with Crippen molar-refractivity contribution >= 4 is 6.03 Å². The summed E-state index contributed by atoms with van der Waals surface area (Å²) in [6, 6.07) is 1.79. The van der Waals surface area contributed by atoms with Crippen molar-refractivity contribution in [1.82, 2.24) is 20.6 Å². The maximum atomic E-state index is 12.0. The minimum atomic E-state index is -0.198. The Bertz CT molecular complexity index is 609. The van der Waals surface area contributed by atoms with Crippen LogP contribution in [0.1, 0.15) is 18.5 Å². The Kier molecular flexibility index (Phi) is 4.65. The highest BCUT2D eigenvalue weighted by Gasteiger charge is 2.16. The standard InChI is InChI=1S/C15H18N4O3/c20-15(19-12-2-7-21-8-3-12)18-9-13-14(17-5-4-16-13)11-1-6-22-10-11/h1,4-6,10,12H,2-3,7-9H2,(H2,18,19,20). The maximum absolute atomic E-state index is 12.0. The number of nitrogens with one attached hydrogen (secondary N) is 2. The minimum Gasteiger partial charge on any atom is -0.472 e. The van der Waals surface area contributed by atoms with Gasteiger partial charge in [-0.3, -0.25) is 9.97 Å². The number of aromatic nitrogens is 2. The normalized spacial score (nSPS) is 15.5. The van der Waals surface area contributed by atoms with Gasteiger partial charge in [0, 0.05) is 37.2 Å². The molecule has 7 nitrogen and oxygen atoms in total. The molecule has 0 radical (unpaired) electrons. The first kappa shape index (κ1) is 14.5. The molecule has 3 rings (SSSR count). The molecule has 0 unspecified atom stereocenters. The third kappa shape index (κ3) is 3.62.